The van der Waals surface area contributed by atoms with Crippen molar-refractivity contribution in [2.75, 3.05) is 12.8 Å². The normalized spacial score (nSPS) is 10.8. The minimum Gasteiger partial charge on any atom is -0.497 e. The van der Waals surface area contributed by atoms with E-state index < -0.39 is 0 Å². The van der Waals surface area contributed by atoms with Crippen LogP contribution in [0.1, 0.15) is 0 Å². The molecule has 2 aromatic heterocycles. The molecule has 0 saturated carbocycles. The minimum atomic E-state index is -0.338. The Balaban J connectivity index is 2.30. The number of thiazole rings is 1. The number of nitrogen functional groups attached to an aromatic ring is 1. The van der Waals surface area contributed by atoms with Gasteiger partial charge in [-0.25, -0.2) is 10.1 Å². The highest BCUT2D eigenvalue weighted by Gasteiger charge is 2.13. The fourth-order valence-electron chi connectivity index (χ4n) is 1.83. The number of hydrogen-bond donors (Lipinski definition) is 2. The third-order valence-corrected chi connectivity index (χ3v) is 3.58. The van der Waals surface area contributed by atoms with Crippen molar-refractivity contribution in [2.24, 2.45) is 0 Å². The molecule has 2 heterocycles. The Kier molecular flexibility index (Phi) is 2.68. The summed E-state index contributed by atoms with van der Waals surface area (Å²) in [5, 5.41) is 6.87. The molecule has 0 aliphatic carbocycles. The lowest BCUT2D eigenvalue weighted by atomic mass is 10.1. The zero-order chi connectivity index (χ0) is 13.4. The summed E-state index contributed by atoms with van der Waals surface area (Å²) in [4.78, 5) is 15.7. The molecule has 3 aromatic rings. The van der Waals surface area contributed by atoms with E-state index in [2.05, 4.69) is 15.2 Å². The second-order valence-corrected chi connectivity index (χ2v) is 4.89. The van der Waals surface area contributed by atoms with Crippen LogP contribution in [0.2, 0.25) is 0 Å². The first-order valence-electron chi connectivity index (χ1n) is 5.48. The van der Waals surface area contributed by atoms with Gasteiger partial charge in [-0.3, -0.25) is 4.79 Å². The Morgan fingerprint density at radius 1 is 1.42 bits per heavy atom. The summed E-state index contributed by atoms with van der Waals surface area (Å²) in [5.41, 5.74) is 7.12. The molecule has 19 heavy (non-hydrogen) atoms. The third kappa shape index (κ3) is 1.93. The number of fused-ring (bicyclic) bond motifs is 1. The van der Waals surface area contributed by atoms with E-state index >= 15 is 0 Å². The van der Waals surface area contributed by atoms with E-state index in [4.69, 9.17) is 10.5 Å². The summed E-state index contributed by atoms with van der Waals surface area (Å²) in [6.07, 6.45) is 0. The molecular weight excluding hydrogens is 264 g/mol. The predicted octanol–water partition coefficient (Wildman–Crippen LogP) is 1.64. The zero-order valence-electron chi connectivity index (χ0n) is 10.0. The van der Waals surface area contributed by atoms with E-state index in [1.165, 1.54) is 11.3 Å². The topological polar surface area (TPSA) is 93.9 Å². The first kappa shape index (κ1) is 11.7. The molecule has 0 saturated heterocycles. The molecule has 0 atom stereocenters. The molecule has 96 valence electrons. The van der Waals surface area contributed by atoms with Gasteiger partial charge in [0.25, 0.3) is 5.56 Å². The maximum atomic E-state index is 11.6. The first-order chi connectivity index (χ1) is 9.19. The van der Waals surface area contributed by atoms with Crippen LogP contribution in [0.25, 0.3) is 21.5 Å². The van der Waals surface area contributed by atoms with Crippen molar-refractivity contribution >= 4 is 26.7 Å². The highest BCUT2D eigenvalue weighted by atomic mass is 32.1. The molecule has 1 aromatic carbocycles. The van der Waals surface area contributed by atoms with Crippen LogP contribution in [0.15, 0.2) is 29.1 Å². The highest BCUT2D eigenvalue weighted by molar-refractivity contribution is 7.22. The summed E-state index contributed by atoms with van der Waals surface area (Å²) < 4.78 is 5.86. The van der Waals surface area contributed by atoms with Crippen LogP contribution in [0.4, 0.5) is 5.13 Å². The molecule has 0 radical (unpaired) electrons. The smallest absolute Gasteiger partial charge is 0.291 e. The maximum Gasteiger partial charge on any atom is 0.291 e. The summed E-state index contributed by atoms with van der Waals surface area (Å²) in [6.45, 7) is 0. The Bertz CT molecular complexity index is 809. The van der Waals surface area contributed by atoms with Gasteiger partial charge in [-0.2, -0.15) is 5.10 Å². The van der Waals surface area contributed by atoms with Gasteiger partial charge in [0.2, 0.25) is 0 Å². The van der Waals surface area contributed by atoms with Gasteiger partial charge in [0.05, 0.1) is 11.8 Å². The van der Waals surface area contributed by atoms with Crippen molar-refractivity contribution in [3.63, 3.8) is 0 Å². The van der Waals surface area contributed by atoms with Gasteiger partial charge in [0, 0.05) is 5.56 Å². The van der Waals surface area contributed by atoms with Crippen molar-refractivity contribution in [3.8, 4) is 17.0 Å². The first-order valence-corrected chi connectivity index (χ1v) is 6.30. The van der Waals surface area contributed by atoms with Crippen molar-refractivity contribution in [1.29, 1.82) is 0 Å². The molecular formula is C12H10N4O2S. The average Bonchev–Trinajstić information content (AvgIpc) is 2.82. The average molecular weight is 274 g/mol. The molecule has 0 aliphatic rings. The van der Waals surface area contributed by atoms with Crippen molar-refractivity contribution in [3.05, 3.63) is 34.6 Å². The Labute approximate surface area is 111 Å². The number of anilines is 1. The van der Waals surface area contributed by atoms with Crippen LogP contribution in [0.5, 0.6) is 5.75 Å². The fourth-order valence-corrected chi connectivity index (χ4v) is 2.67. The molecule has 0 bridgehead atoms. The van der Waals surface area contributed by atoms with Gasteiger partial charge in [-0.15, -0.1) is 0 Å². The van der Waals surface area contributed by atoms with E-state index in [1.54, 1.807) is 7.11 Å². The number of nitrogens with two attached hydrogens (primary N) is 1. The number of nitrogens with one attached hydrogen (secondary N) is 1. The number of methoxy groups -OCH3 is 1. The van der Waals surface area contributed by atoms with Crippen LogP contribution in [0.3, 0.4) is 0 Å². The van der Waals surface area contributed by atoms with Gasteiger partial charge in [-0.1, -0.05) is 23.5 Å². The number of rotatable bonds is 2. The van der Waals surface area contributed by atoms with Gasteiger partial charge >= 0.3 is 0 Å². The third-order valence-electron chi connectivity index (χ3n) is 2.69. The largest absolute Gasteiger partial charge is 0.497 e. The van der Waals surface area contributed by atoms with Crippen LogP contribution in [-0.2, 0) is 0 Å². The molecule has 0 aliphatic heterocycles. The number of aromatic amines is 1. The molecule has 6 nitrogen and oxygen atoms in total. The van der Waals surface area contributed by atoms with Gasteiger partial charge < -0.3 is 10.5 Å². The van der Waals surface area contributed by atoms with Crippen molar-refractivity contribution in [2.45, 2.75) is 0 Å². The summed E-state index contributed by atoms with van der Waals surface area (Å²) >= 11 is 1.24. The molecule has 0 amide bonds. The fraction of sp³-hybridized carbons (Fsp3) is 0.0833. The standard InChI is InChI=1S/C12H10N4O2S/c1-18-7-4-2-3-6(5-7)8-10-9(11(17)16-15-8)14-12(13)19-10/h2-5H,1H3,(H2,13,14)(H,16,17). The number of ether oxygens (including phenoxy) is 1. The number of aromatic nitrogens is 3. The SMILES string of the molecule is COc1cccc(-c2n[nH]c(=O)c3nc(N)sc23)c1. The Morgan fingerprint density at radius 2 is 2.26 bits per heavy atom. The van der Waals surface area contributed by atoms with Crippen molar-refractivity contribution < 1.29 is 4.74 Å². The highest BCUT2D eigenvalue weighted by Crippen LogP contribution is 2.31. The number of hydrogen-bond acceptors (Lipinski definition) is 6. The summed E-state index contributed by atoms with van der Waals surface area (Å²) in [5.74, 6) is 0.719. The van der Waals surface area contributed by atoms with Crippen LogP contribution >= 0.6 is 11.3 Å². The number of H-pyrrole nitrogens is 1. The van der Waals surface area contributed by atoms with E-state index in [-0.39, 0.29) is 5.56 Å². The van der Waals surface area contributed by atoms with E-state index in [1.807, 2.05) is 24.3 Å². The zero-order valence-corrected chi connectivity index (χ0v) is 10.8. The Hall–Kier alpha value is -2.41. The van der Waals surface area contributed by atoms with Gasteiger partial charge in [-0.05, 0) is 12.1 Å². The maximum absolute atomic E-state index is 11.6. The lowest BCUT2D eigenvalue weighted by Gasteiger charge is -2.03. The molecule has 0 fully saturated rings. The van der Waals surface area contributed by atoms with Crippen LogP contribution in [-0.4, -0.2) is 22.3 Å². The Morgan fingerprint density at radius 3 is 3.05 bits per heavy atom. The molecule has 3 N–H and O–H groups in total. The second kappa shape index (κ2) is 4.36. The quantitative estimate of drug-likeness (QED) is 0.740. The van der Waals surface area contributed by atoms with E-state index in [0.29, 0.717) is 21.0 Å². The summed E-state index contributed by atoms with van der Waals surface area (Å²) in [7, 11) is 1.60. The molecule has 3 rings (SSSR count). The number of nitrogens with zero attached hydrogens (tertiary/aromatic N) is 2. The number of benzene rings is 1. The van der Waals surface area contributed by atoms with Crippen LogP contribution in [0, 0.1) is 0 Å². The predicted molar refractivity (Wildman–Crippen MR) is 74.4 cm³/mol. The van der Waals surface area contributed by atoms with E-state index in [0.717, 1.165) is 11.3 Å². The van der Waals surface area contributed by atoms with Gasteiger partial charge in [0.15, 0.2) is 10.6 Å². The molecule has 0 spiro atoms. The molecule has 0 unspecified atom stereocenters. The second-order valence-electron chi connectivity index (χ2n) is 3.86. The monoisotopic (exact) mass is 274 g/mol. The molecule has 7 heteroatoms. The van der Waals surface area contributed by atoms with Gasteiger partial charge in [0.1, 0.15) is 11.4 Å². The van der Waals surface area contributed by atoms with E-state index in [9.17, 15) is 4.79 Å². The lowest BCUT2D eigenvalue weighted by Crippen LogP contribution is -2.09. The lowest BCUT2D eigenvalue weighted by molar-refractivity contribution is 0.415. The van der Waals surface area contributed by atoms with Crippen molar-refractivity contribution in [1.82, 2.24) is 15.2 Å². The summed E-state index contributed by atoms with van der Waals surface area (Å²) in [6, 6.07) is 7.43. The minimum absolute atomic E-state index is 0.315. The van der Waals surface area contributed by atoms with Crippen LogP contribution < -0.4 is 16.0 Å².